The largest absolute Gasteiger partial charge is 0.307 e. The van der Waals surface area contributed by atoms with Gasteiger partial charge in [-0.3, -0.25) is 9.48 Å². The Hall–Kier alpha value is -2.57. The van der Waals surface area contributed by atoms with E-state index in [0.717, 1.165) is 11.1 Å². The molecule has 0 atom stereocenters. The summed E-state index contributed by atoms with van der Waals surface area (Å²) in [5, 5.41) is 12.0. The normalized spacial score (nSPS) is 11.2. The highest BCUT2D eigenvalue weighted by Crippen LogP contribution is 2.26. The third-order valence-corrected chi connectivity index (χ3v) is 4.33. The lowest BCUT2D eigenvalue weighted by Crippen LogP contribution is -2.14. The molecule has 3 rings (SSSR count). The maximum Gasteiger partial charge on any atom is 0.249 e. The van der Waals surface area contributed by atoms with Gasteiger partial charge >= 0.3 is 0 Å². The van der Waals surface area contributed by atoms with Crippen molar-refractivity contribution in [2.75, 3.05) is 5.32 Å². The molecule has 6 nitrogen and oxygen atoms in total. The first-order chi connectivity index (χ1) is 12.0. The molecule has 0 saturated heterocycles. The fourth-order valence-corrected chi connectivity index (χ4v) is 2.64. The second-order valence-electron chi connectivity index (χ2n) is 5.36. The van der Waals surface area contributed by atoms with Gasteiger partial charge in [0, 0.05) is 31.0 Å². The Morgan fingerprint density at radius 1 is 1.28 bits per heavy atom. The number of amides is 1. The van der Waals surface area contributed by atoms with Gasteiger partial charge in [-0.05, 0) is 17.7 Å². The van der Waals surface area contributed by atoms with Gasteiger partial charge in [0.15, 0.2) is 0 Å². The molecular formula is C17H15Cl2N5O. The van der Waals surface area contributed by atoms with Crippen LogP contribution >= 0.6 is 23.2 Å². The van der Waals surface area contributed by atoms with Gasteiger partial charge in [-0.25, -0.2) is 4.68 Å². The van der Waals surface area contributed by atoms with Crippen molar-refractivity contribution < 1.29 is 4.79 Å². The zero-order chi connectivity index (χ0) is 17.8. The van der Waals surface area contributed by atoms with E-state index in [1.165, 1.54) is 6.08 Å². The number of nitrogens with zero attached hydrogens (tertiary/aromatic N) is 4. The third-order valence-electron chi connectivity index (χ3n) is 3.47. The molecule has 0 spiro atoms. The highest BCUT2D eigenvalue weighted by molar-refractivity contribution is 6.42. The highest BCUT2D eigenvalue weighted by atomic mass is 35.5. The van der Waals surface area contributed by atoms with Crippen LogP contribution < -0.4 is 5.32 Å². The predicted octanol–water partition coefficient (Wildman–Crippen LogP) is 3.62. The number of aromatic nitrogens is 4. The molecule has 8 heteroatoms. The molecule has 2 heterocycles. The summed E-state index contributed by atoms with van der Waals surface area (Å²) in [5.41, 5.74) is 1.66. The van der Waals surface area contributed by atoms with Gasteiger partial charge in [-0.1, -0.05) is 35.3 Å². The van der Waals surface area contributed by atoms with Gasteiger partial charge < -0.3 is 5.32 Å². The van der Waals surface area contributed by atoms with E-state index in [9.17, 15) is 4.79 Å². The summed E-state index contributed by atoms with van der Waals surface area (Å²) in [4.78, 5) is 12.1. The summed E-state index contributed by atoms with van der Waals surface area (Å²) in [7, 11) is 1.82. The number of hydrogen-bond donors (Lipinski definition) is 1. The minimum atomic E-state index is -0.261. The van der Waals surface area contributed by atoms with Crippen LogP contribution in [-0.4, -0.2) is 25.5 Å². The van der Waals surface area contributed by atoms with Crippen LogP contribution in [0.4, 0.5) is 5.82 Å². The van der Waals surface area contributed by atoms with Crippen LogP contribution in [0.1, 0.15) is 11.1 Å². The second-order valence-corrected chi connectivity index (χ2v) is 6.14. The topological polar surface area (TPSA) is 64.7 Å². The van der Waals surface area contributed by atoms with Crippen LogP contribution in [0.5, 0.6) is 0 Å². The molecular weight excluding hydrogens is 361 g/mol. The van der Waals surface area contributed by atoms with Crippen molar-refractivity contribution in [3.8, 4) is 0 Å². The van der Waals surface area contributed by atoms with E-state index >= 15 is 0 Å². The first-order valence-electron chi connectivity index (χ1n) is 7.45. The lowest BCUT2D eigenvalue weighted by molar-refractivity contribution is -0.111. The monoisotopic (exact) mass is 375 g/mol. The smallest absolute Gasteiger partial charge is 0.249 e. The van der Waals surface area contributed by atoms with Crippen molar-refractivity contribution in [1.82, 2.24) is 19.6 Å². The summed E-state index contributed by atoms with van der Waals surface area (Å²) in [6.07, 6.45) is 8.24. The summed E-state index contributed by atoms with van der Waals surface area (Å²) in [5.74, 6) is 0.305. The molecule has 0 aliphatic rings. The van der Waals surface area contributed by atoms with Crippen molar-refractivity contribution in [1.29, 1.82) is 0 Å². The third kappa shape index (κ3) is 4.29. The summed E-state index contributed by atoms with van der Waals surface area (Å²) in [6, 6.07) is 7.13. The molecule has 0 aliphatic carbocycles. The number of anilines is 1. The van der Waals surface area contributed by atoms with E-state index in [2.05, 4.69) is 15.5 Å². The fourth-order valence-electron chi connectivity index (χ4n) is 2.26. The lowest BCUT2D eigenvalue weighted by atomic mass is 10.2. The molecule has 0 fully saturated rings. The molecule has 0 saturated carbocycles. The fraction of sp³-hybridized carbons (Fsp3) is 0.118. The minimum Gasteiger partial charge on any atom is -0.307 e. The Labute approximate surface area is 154 Å². The Morgan fingerprint density at radius 3 is 2.88 bits per heavy atom. The van der Waals surface area contributed by atoms with Gasteiger partial charge in [0.2, 0.25) is 5.91 Å². The Balaban J connectivity index is 1.70. The number of benzene rings is 1. The van der Waals surface area contributed by atoms with Gasteiger partial charge in [-0.2, -0.15) is 10.2 Å². The molecule has 3 aromatic rings. The molecule has 25 heavy (non-hydrogen) atoms. The van der Waals surface area contributed by atoms with Crippen molar-refractivity contribution in [3.05, 3.63) is 70.1 Å². The van der Waals surface area contributed by atoms with Crippen molar-refractivity contribution in [2.45, 2.75) is 6.54 Å². The highest BCUT2D eigenvalue weighted by Gasteiger charge is 2.09. The van der Waals surface area contributed by atoms with Crippen LogP contribution in [0.3, 0.4) is 0 Å². The number of carbonyl (C=O) groups is 1. The molecule has 2 aromatic heterocycles. The van der Waals surface area contributed by atoms with Crippen molar-refractivity contribution in [2.24, 2.45) is 7.05 Å². The van der Waals surface area contributed by atoms with Gasteiger partial charge in [0.05, 0.1) is 29.0 Å². The average molecular weight is 376 g/mol. The molecule has 1 N–H and O–H groups in total. The van der Waals surface area contributed by atoms with Gasteiger partial charge in [0.25, 0.3) is 0 Å². The first kappa shape index (κ1) is 17.3. The number of halogens is 2. The molecule has 1 aromatic carbocycles. The van der Waals surface area contributed by atoms with E-state index in [4.69, 9.17) is 23.2 Å². The number of hydrogen-bond acceptors (Lipinski definition) is 3. The van der Waals surface area contributed by atoms with Crippen molar-refractivity contribution >= 4 is 41.0 Å². The number of rotatable bonds is 5. The molecule has 0 unspecified atom stereocenters. The quantitative estimate of drug-likeness (QED) is 0.692. The second kappa shape index (κ2) is 7.55. The molecule has 0 aliphatic heterocycles. The van der Waals surface area contributed by atoms with E-state index < -0.39 is 0 Å². The number of carbonyl (C=O) groups excluding carboxylic acids is 1. The molecule has 128 valence electrons. The van der Waals surface area contributed by atoms with Crippen LogP contribution in [0.15, 0.2) is 48.9 Å². The van der Waals surface area contributed by atoms with Crippen molar-refractivity contribution in [3.63, 3.8) is 0 Å². The minimum absolute atomic E-state index is 0.261. The van der Waals surface area contributed by atoms with E-state index in [1.807, 2.05) is 25.4 Å². The average Bonchev–Trinajstić information content (AvgIpc) is 3.19. The standard InChI is InChI=1S/C17H15Cl2N5O/c1-23-10-12(9-21-23)5-6-16(25)22-15-7-8-20-24(15)11-13-3-2-4-14(18)17(13)19/h2-10H,11H2,1H3,(H,22,25). The van der Waals surface area contributed by atoms with Crippen LogP contribution in [0.2, 0.25) is 10.0 Å². The van der Waals surface area contributed by atoms with Gasteiger partial charge in [-0.15, -0.1) is 0 Å². The summed E-state index contributed by atoms with van der Waals surface area (Å²) in [6.45, 7) is 0.397. The molecule has 0 radical (unpaired) electrons. The SMILES string of the molecule is Cn1cc(C=CC(=O)Nc2ccnn2Cc2cccc(Cl)c2Cl)cn1. The maximum absolute atomic E-state index is 12.1. The van der Waals surface area contributed by atoms with Crippen LogP contribution in [0, 0.1) is 0 Å². The zero-order valence-electron chi connectivity index (χ0n) is 13.4. The zero-order valence-corrected chi connectivity index (χ0v) is 14.9. The predicted molar refractivity (Wildman–Crippen MR) is 98.7 cm³/mol. The Bertz CT molecular complexity index is 929. The number of nitrogens with one attached hydrogen (secondary N) is 1. The molecule has 0 bridgehead atoms. The maximum atomic E-state index is 12.1. The molecule has 1 amide bonds. The summed E-state index contributed by atoms with van der Waals surface area (Å²) >= 11 is 12.2. The van der Waals surface area contributed by atoms with Gasteiger partial charge in [0.1, 0.15) is 5.82 Å². The Kier molecular flexibility index (Phi) is 5.21. The number of aryl methyl sites for hydroxylation is 1. The van der Waals surface area contributed by atoms with E-state index in [0.29, 0.717) is 22.4 Å². The van der Waals surface area contributed by atoms with E-state index in [-0.39, 0.29) is 5.91 Å². The van der Waals surface area contributed by atoms with Crippen LogP contribution in [-0.2, 0) is 18.4 Å². The van der Waals surface area contributed by atoms with Crippen LogP contribution in [0.25, 0.3) is 6.08 Å². The van der Waals surface area contributed by atoms with E-state index in [1.54, 1.807) is 40.0 Å². The summed E-state index contributed by atoms with van der Waals surface area (Å²) < 4.78 is 3.31. The lowest BCUT2D eigenvalue weighted by Gasteiger charge is -2.10. The Morgan fingerprint density at radius 2 is 2.12 bits per heavy atom. The first-order valence-corrected chi connectivity index (χ1v) is 8.21.